The van der Waals surface area contributed by atoms with Gasteiger partial charge in [0.25, 0.3) is 5.91 Å². The fourth-order valence-electron chi connectivity index (χ4n) is 2.13. The van der Waals surface area contributed by atoms with Crippen molar-refractivity contribution in [2.24, 2.45) is 0 Å². The van der Waals surface area contributed by atoms with E-state index in [9.17, 15) is 9.90 Å². The first-order chi connectivity index (χ1) is 10.7. The number of aromatic nitrogens is 1. The van der Waals surface area contributed by atoms with E-state index in [-0.39, 0.29) is 24.2 Å². The van der Waals surface area contributed by atoms with Crippen molar-refractivity contribution in [3.63, 3.8) is 0 Å². The predicted molar refractivity (Wildman–Crippen MR) is 84.1 cm³/mol. The number of aliphatic hydroxyl groups excluding tert-OH is 1. The summed E-state index contributed by atoms with van der Waals surface area (Å²) in [5.41, 5.74) is 1.17. The Morgan fingerprint density at radius 2 is 2.09 bits per heavy atom. The number of nitrogens with zero attached hydrogens (tertiary/aromatic N) is 2. The largest absolute Gasteiger partial charge is 0.496 e. The summed E-state index contributed by atoms with van der Waals surface area (Å²) in [5, 5.41) is 9.38. The number of benzene rings is 1. The van der Waals surface area contributed by atoms with Gasteiger partial charge in [0.2, 0.25) is 0 Å². The van der Waals surface area contributed by atoms with E-state index >= 15 is 0 Å². The normalized spacial score (nSPS) is 10.3. The number of rotatable bonds is 6. The van der Waals surface area contributed by atoms with Gasteiger partial charge in [0.05, 0.1) is 19.3 Å². The maximum absolute atomic E-state index is 12.6. The Bertz CT molecular complexity index is 649. The van der Waals surface area contributed by atoms with Crippen molar-refractivity contribution in [1.82, 2.24) is 9.88 Å². The van der Waals surface area contributed by atoms with Gasteiger partial charge in [-0.15, -0.1) is 0 Å². The summed E-state index contributed by atoms with van der Waals surface area (Å²) in [4.78, 5) is 18.0. The van der Waals surface area contributed by atoms with Gasteiger partial charge in [0, 0.05) is 24.8 Å². The predicted octanol–water partition coefficient (Wildman–Crippen LogP) is 2.38. The molecule has 0 saturated carbocycles. The topological polar surface area (TPSA) is 62.7 Å². The Kier molecular flexibility index (Phi) is 5.75. The number of amides is 1. The van der Waals surface area contributed by atoms with Crippen LogP contribution in [0.1, 0.15) is 15.9 Å². The van der Waals surface area contributed by atoms with Crippen molar-refractivity contribution < 1.29 is 14.6 Å². The summed E-state index contributed by atoms with van der Waals surface area (Å²) in [5.74, 6) is 0.411. The lowest BCUT2D eigenvalue weighted by Crippen LogP contribution is -2.33. The van der Waals surface area contributed by atoms with Crippen molar-refractivity contribution >= 4 is 17.5 Å². The summed E-state index contributed by atoms with van der Waals surface area (Å²) >= 11 is 5.98. The van der Waals surface area contributed by atoms with Gasteiger partial charge in [-0.1, -0.05) is 29.8 Å². The summed E-state index contributed by atoms with van der Waals surface area (Å²) in [6, 6.07) is 10.7. The maximum Gasteiger partial charge on any atom is 0.257 e. The summed E-state index contributed by atoms with van der Waals surface area (Å²) < 4.78 is 5.29. The van der Waals surface area contributed by atoms with Crippen LogP contribution in [0.2, 0.25) is 5.15 Å². The van der Waals surface area contributed by atoms with E-state index in [2.05, 4.69) is 4.98 Å². The molecule has 0 saturated heterocycles. The molecule has 2 rings (SSSR count). The molecule has 1 heterocycles. The van der Waals surface area contributed by atoms with Gasteiger partial charge in [-0.25, -0.2) is 4.98 Å². The SMILES string of the molecule is COc1ccccc1CN(CCO)C(=O)c1cccnc1Cl. The van der Waals surface area contributed by atoms with Crippen molar-refractivity contribution in [1.29, 1.82) is 0 Å². The Morgan fingerprint density at radius 3 is 2.77 bits per heavy atom. The second kappa shape index (κ2) is 7.77. The maximum atomic E-state index is 12.6. The summed E-state index contributed by atoms with van der Waals surface area (Å²) in [7, 11) is 1.58. The third-order valence-electron chi connectivity index (χ3n) is 3.20. The standard InChI is InChI=1S/C16H17ClN2O3/c1-22-14-7-3-2-5-12(14)11-19(9-10-20)16(21)13-6-4-8-18-15(13)17/h2-8,20H,9-11H2,1H3. The van der Waals surface area contributed by atoms with E-state index in [4.69, 9.17) is 16.3 Å². The molecule has 116 valence electrons. The second-order valence-corrected chi connectivity index (χ2v) is 4.96. The zero-order valence-corrected chi connectivity index (χ0v) is 13.0. The van der Waals surface area contributed by atoms with Gasteiger partial charge in [-0.3, -0.25) is 4.79 Å². The number of methoxy groups -OCH3 is 1. The monoisotopic (exact) mass is 320 g/mol. The summed E-state index contributed by atoms with van der Waals surface area (Å²) in [6.07, 6.45) is 1.52. The third kappa shape index (κ3) is 3.75. The first kappa shape index (κ1) is 16.3. The van der Waals surface area contributed by atoms with Gasteiger partial charge >= 0.3 is 0 Å². The van der Waals surface area contributed by atoms with E-state index in [1.165, 1.54) is 11.1 Å². The molecule has 5 nitrogen and oxygen atoms in total. The number of halogens is 1. The lowest BCUT2D eigenvalue weighted by atomic mass is 10.1. The van der Waals surface area contributed by atoms with Gasteiger partial charge in [-0.2, -0.15) is 0 Å². The van der Waals surface area contributed by atoms with Crippen molar-refractivity contribution in [3.05, 3.63) is 58.9 Å². The average molecular weight is 321 g/mol. The van der Waals surface area contributed by atoms with Crippen molar-refractivity contribution in [3.8, 4) is 5.75 Å². The van der Waals surface area contributed by atoms with Crippen LogP contribution in [0.25, 0.3) is 0 Å². The van der Waals surface area contributed by atoms with E-state index in [1.54, 1.807) is 19.2 Å². The van der Waals surface area contributed by atoms with Crippen LogP contribution >= 0.6 is 11.6 Å². The molecule has 0 bridgehead atoms. The minimum Gasteiger partial charge on any atom is -0.496 e. The van der Waals surface area contributed by atoms with Crippen LogP contribution < -0.4 is 4.74 Å². The minimum absolute atomic E-state index is 0.140. The molecule has 1 amide bonds. The van der Waals surface area contributed by atoms with Crippen LogP contribution in [0.3, 0.4) is 0 Å². The highest BCUT2D eigenvalue weighted by Gasteiger charge is 2.20. The molecule has 2 aromatic rings. The first-order valence-electron chi connectivity index (χ1n) is 6.80. The van der Waals surface area contributed by atoms with E-state index in [0.717, 1.165) is 5.56 Å². The van der Waals surface area contributed by atoms with Crippen LogP contribution in [0.5, 0.6) is 5.75 Å². The van der Waals surface area contributed by atoms with E-state index in [1.807, 2.05) is 24.3 Å². The zero-order chi connectivity index (χ0) is 15.9. The van der Waals surface area contributed by atoms with Crippen molar-refractivity contribution in [2.45, 2.75) is 6.54 Å². The number of pyridine rings is 1. The van der Waals surface area contributed by atoms with Crippen LogP contribution in [0.15, 0.2) is 42.6 Å². The van der Waals surface area contributed by atoms with Gasteiger partial charge in [-0.05, 0) is 18.2 Å². The molecule has 0 fully saturated rings. The average Bonchev–Trinajstić information content (AvgIpc) is 2.55. The van der Waals surface area contributed by atoms with Gasteiger partial charge in [0.1, 0.15) is 10.9 Å². The van der Waals surface area contributed by atoms with Crippen LogP contribution in [-0.4, -0.2) is 41.2 Å². The Morgan fingerprint density at radius 1 is 1.32 bits per heavy atom. The highest BCUT2D eigenvalue weighted by atomic mass is 35.5. The fourth-order valence-corrected chi connectivity index (χ4v) is 2.33. The Hall–Kier alpha value is -2.11. The van der Waals surface area contributed by atoms with Gasteiger partial charge in [0.15, 0.2) is 0 Å². The van der Waals surface area contributed by atoms with Crippen molar-refractivity contribution in [2.75, 3.05) is 20.3 Å². The molecule has 0 spiro atoms. The molecular formula is C16H17ClN2O3. The zero-order valence-electron chi connectivity index (χ0n) is 12.2. The number of hydrogen-bond acceptors (Lipinski definition) is 4. The number of aliphatic hydroxyl groups is 1. The summed E-state index contributed by atoms with van der Waals surface area (Å²) in [6.45, 7) is 0.371. The molecule has 0 aliphatic rings. The molecule has 1 N–H and O–H groups in total. The molecule has 0 radical (unpaired) electrons. The van der Waals surface area contributed by atoms with Gasteiger partial charge < -0.3 is 14.7 Å². The number of hydrogen-bond donors (Lipinski definition) is 1. The molecule has 1 aromatic heterocycles. The lowest BCUT2D eigenvalue weighted by molar-refractivity contribution is 0.0706. The first-order valence-corrected chi connectivity index (χ1v) is 7.17. The third-order valence-corrected chi connectivity index (χ3v) is 3.50. The van der Waals surface area contributed by atoms with Crippen LogP contribution in [0.4, 0.5) is 0 Å². The Labute approximate surface area is 134 Å². The molecule has 0 aliphatic heterocycles. The molecule has 22 heavy (non-hydrogen) atoms. The molecule has 0 unspecified atom stereocenters. The molecule has 0 atom stereocenters. The number of ether oxygens (including phenoxy) is 1. The second-order valence-electron chi connectivity index (χ2n) is 4.60. The van der Waals surface area contributed by atoms with Crippen LogP contribution in [-0.2, 0) is 6.54 Å². The highest BCUT2D eigenvalue weighted by Crippen LogP contribution is 2.21. The van der Waals surface area contributed by atoms with Crippen LogP contribution in [0, 0.1) is 0 Å². The number of carbonyl (C=O) groups excluding carboxylic acids is 1. The lowest BCUT2D eigenvalue weighted by Gasteiger charge is -2.23. The quantitative estimate of drug-likeness (QED) is 0.830. The molecule has 0 aliphatic carbocycles. The molecular weight excluding hydrogens is 304 g/mol. The number of para-hydroxylation sites is 1. The molecule has 1 aromatic carbocycles. The smallest absolute Gasteiger partial charge is 0.257 e. The molecule has 6 heteroatoms. The van der Waals surface area contributed by atoms with E-state index in [0.29, 0.717) is 17.9 Å². The number of carbonyl (C=O) groups is 1. The van der Waals surface area contributed by atoms with E-state index < -0.39 is 0 Å². The minimum atomic E-state index is -0.280. The fraction of sp³-hybridized carbons (Fsp3) is 0.250. The highest BCUT2D eigenvalue weighted by molar-refractivity contribution is 6.32. The Balaban J connectivity index is 2.26.